The Labute approximate surface area is 267 Å². The van der Waals surface area contributed by atoms with Crippen molar-refractivity contribution in [3.63, 3.8) is 0 Å². The van der Waals surface area contributed by atoms with E-state index in [2.05, 4.69) is 76.7 Å². The molecule has 16 heteroatoms. The monoisotopic (exact) mass is 739 g/mol. The molecule has 0 saturated carbocycles. The number of aromatic nitrogens is 3. The molecule has 5 aromatic rings. The van der Waals surface area contributed by atoms with Crippen LogP contribution in [0.1, 0.15) is 11.4 Å². The van der Waals surface area contributed by atoms with Gasteiger partial charge in [-0.15, -0.1) is 23.5 Å². The summed E-state index contributed by atoms with van der Waals surface area (Å²) >= 11 is 3.57. The van der Waals surface area contributed by atoms with Crippen LogP contribution < -0.4 is 28.0 Å². The Kier molecular flexibility index (Phi) is 14.5. The molecule has 2 aromatic carbocycles. The van der Waals surface area contributed by atoms with Crippen LogP contribution in [0.2, 0.25) is 0 Å². The van der Waals surface area contributed by atoms with Crippen molar-refractivity contribution in [2.24, 2.45) is 0 Å². The van der Waals surface area contributed by atoms with Crippen molar-refractivity contribution in [3.05, 3.63) is 103 Å². The van der Waals surface area contributed by atoms with Crippen molar-refractivity contribution >= 4 is 45.3 Å². The minimum Gasteiger partial charge on any atom is -0.256 e. The summed E-state index contributed by atoms with van der Waals surface area (Å²) in [5.41, 5.74) is 4.28. The predicted octanol–water partition coefficient (Wildman–Crippen LogP) is -1.49. The van der Waals surface area contributed by atoms with Gasteiger partial charge in [0.15, 0.2) is 0 Å². The van der Waals surface area contributed by atoms with E-state index in [1.807, 2.05) is 24.5 Å². The van der Waals surface area contributed by atoms with Crippen LogP contribution in [0.3, 0.4) is 0 Å². The Morgan fingerprint density at radius 3 is 1.29 bits per heavy atom. The maximum atomic E-state index is 8.60. The molecule has 5 rings (SSSR count). The molecule has 2 N–H and O–H groups in total. The normalized spacial score (nSPS) is 11.1. The number of para-hydroxylation sites is 2. The van der Waals surface area contributed by atoms with E-state index in [1.54, 1.807) is 23.5 Å². The third-order valence-electron chi connectivity index (χ3n) is 4.81. The summed E-state index contributed by atoms with van der Waals surface area (Å²) in [6.45, 7) is 0. The molecule has 41 heavy (non-hydrogen) atoms. The zero-order valence-corrected chi connectivity index (χ0v) is 28.2. The van der Waals surface area contributed by atoms with Gasteiger partial charge in [-0.05, 0) is 36.4 Å². The molecule has 0 unspecified atom stereocenters. The summed E-state index contributed by atoms with van der Waals surface area (Å²) in [6.07, 6.45) is 3.70. The zero-order chi connectivity index (χ0) is 29.2. The van der Waals surface area contributed by atoms with E-state index in [0.717, 1.165) is 33.9 Å². The van der Waals surface area contributed by atoms with Gasteiger partial charge in [-0.2, -0.15) is 28.0 Å². The smallest absolute Gasteiger partial charge is 0.256 e. The van der Waals surface area contributed by atoms with Gasteiger partial charge in [0, 0.05) is 44.5 Å². The third kappa shape index (κ3) is 13.9. The molecular formula is C25H21CdCl2N3O8S2+2. The van der Waals surface area contributed by atoms with Gasteiger partial charge in [0.1, 0.15) is 0 Å². The number of nitrogens with zero attached hydrogens (tertiary/aromatic N) is 3. The standard InChI is InChI=1S/C25H19N3S2.Cd.2ClHO4/c1-6-18-8-4-14-26-24(18)22(12-1)29-16-20-10-3-11-21(28-20)17-30-23-13-2-7-19-9-5-15-27-25(19)23;;2*2-1(3,4)5/h1-15H,16-17H2;;2*(H,2,3,4,5)/q;+2;;. The van der Waals surface area contributed by atoms with Gasteiger partial charge in [0.05, 0.1) is 52.2 Å². The van der Waals surface area contributed by atoms with Gasteiger partial charge >= 0.3 is 27.3 Å². The second-order valence-corrected chi connectivity index (χ2v) is 11.3. The first-order chi connectivity index (χ1) is 18.9. The van der Waals surface area contributed by atoms with E-state index < -0.39 is 20.5 Å². The Morgan fingerprint density at radius 2 is 0.902 bits per heavy atom. The van der Waals surface area contributed by atoms with Gasteiger partial charge in [0.2, 0.25) is 0 Å². The van der Waals surface area contributed by atoms with E-state index in [9.17, 15) is 0 Å². The number of halogens is 2. The van der Waals surface area contributed by atoms with Gasteiger partial charge < -0.3 is 0 Å². The SMILES string of the molecule is [Cd+2].[O-][Cl+3]([O-])([O-])O.[O-][Cl+3]([O-])([O-])O.c1cc(CSc2cccc3cccnc23)nc(CSc2cccc3cccnc23)c1. The second kappa shape index (κ2) is 16.8. The van der Waals surface area contributed by atoms with E-state index in [-0.39, 0.29) is 27.3 Å². The number of pyridine rings is 3. The molecule has 0 spiro atoms. The van der Waals surface area contributed by atoms with Gasteiger partial charge in [-0.3, -0.25) is 15.0 Å². The number of hydrogen-bond acceptors (Lipinski definition) is 13. The predicted molar refractivity (Wildman–Crippen MR) is 131 cm³/mol. The van der Waals surface area contributed by atoms with Crippen LogP contribution in [0, 0.1) is 20.5 Å². The van der Waals surface area contributed by atoms with Crippen LogP contribution in [0.5, 0.6) is 0 Å². The topological polar surface area (TPSA) is 217 Å². The first kappa shape index (κ1) is 35.5. The zero-order valence-electron chi connectivity index (χ0n) is 21.0. The summed E-state index contributed by atoms with van der Waals surface area (Å²) in [4.78, 5) is 16.4. The van der Waals surface area contributed by atoms with E-state index in [4.69, 9.17) is 42.3 Å². The molecule has 3 aromatic heterocycles. The van der Waals surface area contributed by atoms with E-state index in [0.29, 0.717) is 0 Å². The fourth-order valence-electron chi connectivity index (χ4n) is 3.38. The number of rotatable bonds is 6. The molecule has 0 radical (unpaired) electrons. The van der Waals surface area contributed by atoms with Gasteiger partial charge in [-0.25, -0.2) is 0 Å². The Balaban J connectivity index is 0.000000464. The van der Waals surface area contributed by atoms with Crippen LogP contribution in [-0.2, 0) is 38.8 Å². The molecule has 0 bridgehead atoms. The molecule has 0 aliphatic carbocycles. The van der Waals surface area contributed by atoms with Crippen LogP contribution in [0.15, 0.2) is 101 Å². The summed E-state index contributed by atoms with van der Waals surface area (Å²) < 4.78 is 65.4. The average molecular weight is 739 g/mol. The maximum Gasteiger partial charge on any atom is 2.00 e. The molecule has 0 atom stereocenters. The maximum absolute atomic E-state index is 8.60. The van der Waals surface area contributed by atoms with E-state index >= 15 is 0 Å². The molecule has 0 saturated heterocycles. The molecule has 0 fully saturated rings. The van der Waals surface area contributed by atoms with Crippen LogP contribution in [-0.4, -0.2) is 24.3 Å². The quantitative estimate of drug-likeness (QED) is 0.150. The molecular weight excluding hydrogens is 718 g/mol. The number of benzene rings is 2. The minimum atomic E-state index is -4.69. The third-order valence-corrected chi connectivity index (χ3v) is 6.97. The average Bonchev–Trinajstić information content (AvgIpc) is 2.89. The largest absolute Gasteiger partial charge is 2.00 e. The number of hydrogen-bond donors (Lipinski definition) is 2. The summed E-state index contributed by atoms with van der Waals surface area (Å²) in [5.74, 6) is 1.65. The van der Waals surface area contributed by atoms with Gasteiger partial charge in [0.25, 0.3) is 0 Å². The molecule has 210 valence electrons. The van der Waals surface area contributed by atoms with Crippen LogP contribution in [0.4, 0.5) is 0 Å². The Morgan fingerprint density at radius 1 is 0.561 bits per heavy atom. The summed E-state index contributed by atoms with van der Waals surface area (Å²) in [6, 6.07) is 27.1. The summed E-state index contributed by atoms with van der Waals surface area (Å²) in [5, 5.41) is 2.34. The van der Waals surface area contributed by atoms with Crippen molar-refractivity contribution in [3.8, 4) is 0 Å². The van der Waals surface area contributed by atoms with E-state index in [1.165, 1.54) is 20.6 Å². The summed E-state index contributed by atoms with van der Waals surface area (Å²) in [7, 11) is -9.39. The first-order valence-electron chi connectivity index (χ1n) is 11.0. The fourth-order valence-corrected chi connectivity index (χ4v) is 5.27. The number of thioether (sulfide) groups is 2. The molecule has 0 aliphatic heterocycles. The Hall–Kier alpha value is -1.71. The fraction of sp³-hybridized carbons (Fsp3) is 0.0800. The molecule has 3 heterocycles. The van der Waals surface area contributed by atoms with Crippen molar-refractivity contribution in [2.75, 3.05) is 0 Å². The van der Waals surface area contributed by atoms with Crippen molar-refractivity contribution < 1.29 is 85.1 Å². The number of fused-ring (bicyclic) bond motifs is 2. The van der Waals surface area contributed by atoms with Crippen molar-refractivity contribution in [1.29, 1.82) is 0 Å². The molecule has 11 nitrogen and oxygen atoms in total. The van der Waals surface area contributed by atoms with Crippen molar-refractivity contribution in [2.45, 2.75) is 21.3 Å². The van der Waals surface area contributed by atoms with Crippen molar-refractivity contribution in [1.82, 2.24) is 15.0 Å². The first-order valence-corrected chi connectivity index (χ1v) is 15.5. The van der Waals surface area contributed by atoms with Crippen LogP contribution in [0.25, 0.3) is 21.8 Å². The second-order valence-electron chi connectivity index (χ2n) is 7.65. The molecule has 0 amide bonds. The molecule has 0 aliphatic rings. The van der Waals surface area contributed by atoms with Crippen LogP contribution >= 0.6 is 23.5 Å². The minimum absolute atomic E-state index is 0. The Bertz CT molecular complexity index is 1410. The van der Waals surface area contributed by atoms with Gasteiger partial charge in [-0.1, -0.05) is 42.5 Å².